The fourth-order valence-corrected chi connectivity index (χ4v) is 4.06. The summed E-state index contributed by atoms with van der Waals surface area (Å²) in [6, 6.07) is 0.694. The molecule has 2 heterocycles. The zero-order valence-corrected chi connectivity index (χ0v) is 14.1. The maximum Gasteiger partial charge on any atom is 0.186 e. The zero-order chi connectivity index (χ0) is 14.4. The molecule has 1 aliphatic rings. The van der Waals surface area contributed by atoms with Gasteiger partial charge in [-0.25, -0.2) is 4.98 Å². The average molecular weight is 295 g/mol. The second kappa shape index (κ2) is 7.99. The van der Waals surface area contributed by atoms with E-state index < -0.39 is 0 Å². The molecular weight excluding hydrogens is 266 g/mol. The summed E-state index contributed by atoms with van der Waals surface area (Å²) in [6.45, 7) is 9.93. The molecule has 0 saturated carbocycles. The lowest BCUT2D eigenvalue weighted by Crippen LogP contribution is -2.34. The van der Waals surface area contributed by atoms with E-state index in [1.807, 2.05) is 11.3 Å². The molecule has 0 amide bonds. The zero-order valence-electron chi connectivity index (χ0n) is 13.2. The third-order valence-electron chi connectivity index (χ3n) is 4.19. The van der Waals surface area contributed by atoms with Crippen molar-refractivity contribution in [3.63, 3.8) is 0 Å². The Labute approximate surface area is 127 Å². The molecule has 0 spiro atoms. The van der Waals surface area contributed by atoms with Gasteiger partial charge in [-0.05, 0) is 39.2 Å². The van der Waals surface area contributed by atoms with Gasteiger partial charge in [-0.1, -0.05) is 26.7 Å². The molecule has 1 atom stereocenters. The van der Waals surface area contributed by atoms with Crippen LogP contribution in [-0.4, -0.2) is 24.1 Å². The van der Waals surface area contributed by atoms with Gasteiger partial charge in [0.05, 0.1) is 5.69 Å². The van der Waals surface area contributed by atoms with Gasteiger partial charge in [0, 0.05) is 24.0 Å². The van der Waals surface area contributed by atoms with E-state index in [1.165, 1.54) is 60.8 Å². The molecule has 1 saturated heterocycles. The molecule has 1 aromatic heterocycles. The first-order chi connectivity index (χ1) is 9.76. The fourth-order valence-electron chi connectivity index (χ4n) is 2.93. The predicted octanol–water partition coefficient (Wildman–Crippen LogP) is 4.11. The van der Waals surface area contributed by atoms with E-state index in [4.69, 9.17) is 4.98 Å². The lowest BCUT2D eigenvalue weighted by molar-refractivity contribution is 0.555. The van der Waals surface area contributed by atoms with Crippen molar-refractivity contribution < 1.29 is 0 Å². The topological polar surface area (TPSA) is 28.2 Å². The Bertz CT molecular complexity index is 402. The SMILES string of the molecule is CCCNCc1sc(N2CCCCCC2CC)nc1C. The first-order valence-electron chi connectivity index (χ1n) is 8.19. The van der Waals surface area contributed by atoms with Crippen LogP contribution < -0.4 is 10.2 Å². The van der Waals surface area contributed by atoms with Crippen LogP contribution in [0.15, 0.2) is 0 Å². The van der Waals surface area contributed by atoms with Crippen molar-refractivity contribution in [2.45, 2.75) is 71.9 Å². The quantitative estimate of drug-likeness (QED) is 0.801. The minimum Gasteiger partial charge on any atom is -0.345 e. The van der Waals surface area contributed by atoms with E-state index in [1.54, 1.807) is 0 Å². The number of nitrogens with zero attached hydrogens (tertiary/aromatic N) is 2. The van der Waals surface area contributed by atoms with E-state index in [0.29, 0.717) is 6.04 Å². The molecule has 0 aliphatic carbocycles. The number of anilines is 1. The van der Waals surface area contributed by atoms with Crippen molar-refractivity contribution in [3.8, 4) is 0 Å². The number of aromatic nitrogens is 1. The monoisotopic (exact) mass is 295 g/mol. The molecule has 4 heteroatoms. The Kier molecular flexibility index (Phi) is 6.30. The van der Waals surface area contributed by atoms with Crippen LogP contribution >= 0.6 is 11.3 Å². The lowest BCUT2D eigenvalue weighted by atomic mass is 10.1. The van der Waals surface area contributed by atoms with Crippen molar-refractivity contribution in [3.05, 3.63) is 10.6 Å². The van der Waals surface area contributed by atoms with Crippen LogP contribution in [0.2, 0.25) is 0 Å². The standard InChI is InChI=1S/C16H29N3S/c1-4-10-17-12-15-13(3)18-16(20-15)19-11-8-6-7-9-14(19)5-2/h14,17H,4-12H2,1-3H3. The Balaban J connectivity index is 2.08. The number of hydrogen-bond acceptors (Lipinski definition) is 4. The van der Waals surface area contributed by atoms with Gasteiger partial charge in [-0.3, -0.25) is 0 Å². The van der Waals surface area contributed by atoms with Crippen molar-refractivity contribution in [1.82, 2.24) is 10.3 Å². The summed E-state index contributed by atoms with van der Waals surface area (Å²) in [5, 5.41) is 4.75. The molecule has 0 aromatic carbocycles. The second-order valence-corrected chi connectivity index (χ2v) is 6.85. The molecule has 1 unspecified atom stereocenters. The lowest BCUT2D eigenvalue weighted by Gasteiger charge is -2.28. The number of thiazole rings is 1. The Morgan fingerprint density at radius 3 is 2.90 bits per heavy atom. The van der Waals surface area contributed by atoms with E-state index in [9.17, 15) is 0 Å². The van der Waals surface area contributed by atoms with Gasteiger partial charge in [0.1, 0.15) is 0 Å². The van der Waals surface area contributed by atoms with Crippen LogP contribution in [0, 0.1) is 6.92 Å². The molecule has 114 valence electrons. The number of rotatable bonds is 6. The van der Waals surface area contributed by atoms with Crippen LogP contribution in [0.3, 0.4) is 0 Å². The number of aryl methyl sites for hydroxylation is 1. The van der Waals surface area contributed by atoms with Crippen LogP contribution in [0.25, 0.3) is 0 Å². The summed E-state index contributed by atoms with van der Waals surface area (Å²) in [5.41, 5.74) is 1.22. The highest BCUT2D eigenvalue weighted by Gasteiger charge is 2.23. The summed E-state index contributed by atoms with van der Waals surface area (Å²) in [5.74, 6) is 0. The van der Waals surface area contributed by atoms with Crippen molar-refractivity contribution in [2.75, 3.05) is 18.0 Å². The molecule has 3 nitrogen and oxygen atoms in total. The maximum absolute atomic E-state index is 4.86. The van der Waals surface area contributed by atoms with Crippen molar-refractivity contribution >= 4 is 16.5 Å². The molecule has 20 heavy (non-hydrogen) atoms. The predicted molar refractivity (Wildman–Crippen MR) is 88.7 cm³/mol. The number of hydrogen-bond donors (Lipinski definition) is 1. The second-order valence-electron chi connectivity index (χ2n) is 5.79. The molecule has 0 bridgehead atoms. The summed E-state index contributed by atoms with van der Waals surface area (Å²) in [6.07, 6.45) is 7.83. The van der Waals surface area contributed by atoms with Crippen LogP contribution in [-0.2, 0) is 6.54 Å². The van der Waals surface area contributed by atoms with Gasteiger partial charge < -0.3 is 10.2 Å². The van der Waals surface area contributed by atoms with Crippen LogP contribution in [0.4, 0.5) is 5.13 Å². The van der Waals surface area contributed by atoms with Gasteiger partial charge in [0.25, 0.3) is 0 Å². The van der Waals surface area contributed by atoms with Gasteiger partial charge in [-0.15, -0.1) is 11.3 Å². The van der Waals surface area contributed by atoms with Crippen LogP contribution in [0.5, 0.6) is 0 Å². The minimum absolute atomic E-state index is 0.694. The van der Waals surface area contributed by atoms with Crippen molar-refractivity contribution in [2.24, 2.45) is 0 Å². The summed E-state index contributed by atoms with van der Waals surface area (Å²) < 4.78 is 0. The van der Waals surface area contributed by atoms with Gasteiger partial charge >= 0.3 is 0 Å². The molecule has 0 radical (unpaired) electrons. The van der Waals surface area contributed by atoms with Gasteiger partial charge in [-0.2, -0.15) is 0 Å². The highest BCUT2D eigenvalue weighted by molar-refractivity contribution is 7.15. The first-order valence-corrected chi connectivity index (χ1v) is 9.01. The van der Waals surface area contributed by atoms with E-state index in [2.05, 4.69) is 31.0 Å². The van der Waals surface area contributed by atoms with Gasteiger partial charge in [0.15, 0.2) is 5.13 Å². The van der Waals surface area contributed by atoms with E-state index >= 15 is 0 Å². The van der Waals surface area contributed by atoms with E-state index in [0.717, 1.165) is 13.1 Å². The molecule has 1 fully saturated rings. The van der Waals surface area contributed by atoms with Crippen molar-refractivity contribution in [1.29, 1.82) is 0 Å². The normalized spacial score (nSPS) is 20.1. The highest BCUT2D eigenvalue weighted by atomic mass is 32.1. The van der Waals surface area contributed by atoms with Crippen LogP contribution in [0.1, 0.15) is 62.9 Å². The molecule has 1 N–H and O–H groups in total. The minimum atomic E-state index is 0.694. The molecule has 1 aliphatic heterocycles. The summed E-state index contributed by atoms with van der Waals surface area (Å²) in [4.78, 5) is 8.84. The largest absolute Gasteiger partial charge is 0.345 e. The Hall–Kier alpha value is -0.610. The molecule has 1 aromatic rings. The third-order valence-corrected chi connectivity index (χ3v) is 5.38. The molecular formula is C16H29N3S. The summed E-state index contributed by atoms with van der Waals surface area (Å²) >= 11 is 1.90. The summed E-state index contributed by atoms with van der Waals surface area (Å²) in [7, 11) is 0. The van der Waals surface area contributed by atoms with Gasteiger partial charge in [0.2, 0.25) is 0 Å². The highest BCUT2D eigenvalue weighted by Crippen LogP contribution is 2.31. The average Bonchev–Trinajstić information content (AvgIpc) is 2.67. The molecule has 2 rings (SSSR count). The Morgan fingerprint density at radius 2 is 2.15 bits per heavy atom. The maximum atomic E-state index is 4.86. The fraction of sp³-hybridized carbons (Fsp3) is 0.812. The first kappa shape index (κ1) is 15.8. The number of nitrogens with one attached hydrogen (secondary N) is 1. The Morgan fingerprint density at radius 1 is 1.30 bits per heavy atom. The third kappa shape index (κ3) is 3.95. The van der Waals surface area contributed by atoms with E-state index in [-0.39, 0.29) is 0 Å². The smallest absolute Gasteiger partial charge is 0.186 e.